The number of aromatic nitrogens is 4. The van der Waals surface area contributed by atoms with E-state index >= 15 is 0 Å². The molecule has 4 bridgehead atoms. The van der Waals surface area contributed by atoms with Gasteiger partial charge in [-0.2, -0.15) is 0 Å². The van der Waals surface area contributed by atoms with Crippen molar-refractivity contribution in [1.29, 1.82) is 0 Å². The van der Waals surface area contributed by atoms with E-state index in [1.54, 1.807) is 24.8 Å². The van der Waals surface area contributed by atoms with Crippen LogP contribution in [0.4, 0.5) is 23.3 Å². The third kappa shape index (κ3) is 3.26. The first-order valence-corrected chi connectivity index (χ1v) is 15.0. The van der Waals surface area contributed by atoms with Gasteiger partial charge in [-0.15, -0.1) is 0 Å². The minimum atomic E-state index is -1.26. The molecule has 8 heterocycles. The van der Waals surface area contributed by atoms with Crippen LogP contribution in [0.1, 0.15) is 0 Å². The normalized spacial score (nSPS) is 25.2. The minimum absolute atomic E-state index is 0.842. The van der Waals surface area contributed by atoms with Gasteiger partial charge in [0.2, 0.25) is 0 Å². The van der Waals surface area contributed by atoms with Crippen molar-refractivity contribution in [1.82, 2.24) is 19.9 Å². The summed E-state index contributed by atoms with van der Waals surface area (Å²) >= 11 is 0. The van der Waals surface area contributed by atoms with E-state index in [1.165, 1.54) is 0 Å². The Morgan fingerprint density at radius 3 is 0.882 bits per heavy atom. The second-order valence-corrected chi connectivity index (χ2v) is 14.9. The zero-order chi connectivity index (χ0) is 22.5. The Balaban J connectivity index is 1.31. The molecule has 0 aliphatic carbocycles. The van der Waals surface area contributed by atoms with Crippen LogP contribution in [-0.2, 0) is 8.62 Å². The Morgan fingerprint density at radius 1 is 0.412 bits per heavy atom. The molecule has 34 heavy (non-hydrogen) atoms. The van der Waals surface area contributed by atoms with Crippen molar-refractivity contribution >= 4 is 57.1 Å². The number of nitrogens with zero attached hydrogens (tertiary/aromatic N) is 8. The van der Waals surface area contributed by atoms with Gasteiger partial charge in [-0.05, 0) is 48.5 Å². The van der Waals surface area contributed by atoms with E-state index in [4.69, 9.17) is 8.62 Å². The van der Waals surface area contributed by atoms with Gasteiger partial charge in [0.25, 0.3) is 33.8 Å². The fourth-order valence-corrected chi connectivity index (χ4v) is 15.1. The first-order chi connectivity index (χ1) is 16.9. The summed E-state index contributed by atoms with van der Waals surface area (Å²) in [5.74, 6) is 3.37. The maximum Gasteiger partial charge on any atom is 0.270 e. The smallest absolute Gasteiger partial charge is 0.257 e. The lowest BCUT2D eigenvalue weighted by Gasteiger charge is -2.63. The van der Waals surface area contributed by atoms with Crippen molar-refractivity contribution in [2.75, 3.05) is 17.8 Å². The predicted octanol–water partition coefficient (Wildman–Crippen LogP) is 6.57. The summed E-state index contributed by atoms with van der Waals surface area (Å²) in [5.41, 5.74) is 0. The summed E-state index contributed by atoms with van der Waals surface area (Å²) in [6.07, 6.45) is 7.18. The molecule has 4 aromatic heterocycles. The van der Waals surface area contributed by atoms with E-state index in [0.29, 0.717) is 0 Å². The van der Waals surface area contributed by atoms with Crippen molar-refractivity contribution in [2.24, 2.45) is 0 Å². The Kier molecular flexibility index (Phi) is 5.25. The molecule has 0 radical (unpaired) electrons. The monoisotopic (exact) mass is 524 g/mol. The zero-order valence-corrected chi connectivity index (χ0v) is 21.0. The van der Waals surface area contributed by atoms with Crippen LogP contribution in [0.2, 0.25) is 0 Å². The summed E-state index contributed by atoms with van der Waals surface area (Å²) in [7, 11) is -5.04. The third-order valence-electron chi connectivity index (χ3n) is 5.01. The highest BCUT2D eigenvalue weighted by Crippen LogP contribution is 2.94. The second kappa shape index (κ2) is 8.58. The van der Waals surface area contributed by atoms with Crippen LogP contribution >= 0.6 is 33.8 Å². The predicted molar refractivity (Wildman–Crippen MR) is 137 cm³/mol. The van der Waals surface area contributed by atoms with Crippen LogP contribution in [0.5, 0.6) is 0 Å². The van der Waals surface area contributed by atoms with Gasteiger partial charge in [0.15, 0.2) is 0 Å². The molecule has 0 aromatic carbocycles. The fourth-order valence-electron chi connectivity index (χ4n) is 3.52. The highest BCUT2D eigenvalue weighted by molar-refractivity contribution is 8.03. The molecule has 4 saturated heterocycles. The minimum Gasteiger partial charge on any atom is -0.257 e. The molecule has 0 atom stereocenters. The maximum absolute atomic E-state index is 6.92. The molecule has 4 aliphatic heterocycles. The van der Waals surface area contributed by atoms with Crippen LogP contribution in [0.15, 0.2) is 97.6 Å². The summed E-state index contributed by atoms with van der Waals surface area (Å²) in [6, 6.07) is 23.6. The lowest BCUT2D eigenvalue weighted by molar-refractivity contribution is 0.605. The van der Waals surface area contributed by atoms with Crippen LogP contribution in [-0.4, -0.2) is 19.9 Å². The van der Waals surface area contributed by atoms with Gasteiger partial charge in [0.1, 0.15) is 23.3 Å². The SMILES string of the molecule is c1ccc(N2P3OP4N(c5ccccn5)P(OP2N3c2ccccn2)N4c2ccccn2)nc1. The average Bonchev–Trinajstić information content (AvgIpc) is 2.85. The van der Waals surface area contributed by atoms with Crippen LogP contribution in [0, 0.1) is 0 Å². The van der Waals surface area contributed by atoms with Gasteiger partial charge < -0.3 is 0 Å². The molecule has 0 N–H and O–H groups in total. The summed E-state index contributed by atoms with van der Waals surface area (Å²) < 4.78 is 22.5. The standard InChI is InChI=1S/C20H16N8O2P4/c1-5-13-21-17(9-1)25-31-26(18-10-2-6-14-22-18)32(25)30-34-27(19-11-3-7-15-23-19)33(29-31)28(34)20-12-4-8-16-24-20/h1-16H. The molecule has 10 nitrogen and oxygen atoms in total. The molecule has 4 fully saturated rings. The first-order valence-electron chi connectivity index (χ1n) is 10.3. The van der Waals surface area contributed by atoms with Gasteiger partial charge in [-0.25, -0.2) is 37.7 Å². The number of hydrogen-bond acceptors (Lipinski definition) is 10. The highest BCUT2D eigenvalue weighted by atomic mass is 31.3. The van der Waals surface area contributed by atoms with E-state index < -0.39 is 33.8 Å². The molecule has 14 heteroatoms. The van der Waals surface area contributed by atoms with Crippen molar-refractivity contribution < 1.29 is 8.62 Å². The van der Waals surface area contributed by atoms with Crippen molar-refractivity contribution in [3.8, 4) is 0 Å². The average molecular weight is 524 g/mol. The topological polar surface area (TPSA) is 83.0 Å². The third-order valence-corrected chi connectivity index (χ3v) is 15.2. The summed E-state index contributed by atoms with van der Waals surface area (Å²) in [4.78, 5) is 18.4. The summed E-state index contributed by atoms with van der Waals surface area (Å²) in [5, 5.41) is 0. The number of anilines is 4. The van der Waals surface area contributed by atoms with Gasteiger partial charge in [-0.1, -0.05) is 24.3 Å². The molecule has 168 valence electrons. The number of pyridine rings is 4. The molecule has 0 unspecified atom stereocenters. The molecule has 0 amide bonds. The Hall–Kier alpha value is -2.56. The molecular formula is C20H16N8O2P4. The van der Waals surface area contributed by atoms with E-state index in [-0.39, 0.29) is 0 Å². The Labute approximate surface area is 201 Å². The largest absolute Gasteiger partial charge is 0.270 e. The number of hydrogen-bond donors (Lipinski definition) is 0. The van der Waals surface area contributed by atoms with Crippen molar-refractivity contribution in [3.05, 3.63) is 97.6 Å². The molecule has 4 aliphatic rings. The number of rotatable bonds is 4. The van der Waals surface area contributed by atoms with Crippen LogP contribution in [0.25, 0.3) is 0 Å². The maximum atomic E-state index is 6.92. The highest BCUT2D eigenvalue weighted by Gasteiger charge is 2.66. The van der Waals surface area contributed by atoms with Gasteiger partial charge in [-0.3, -0.25) is 8.62 Å². The summed E-state index contributed by atoms with van der Waals surface area (Å²) in [6.45, 7) is 0. The van der Waals surface area contributed by atoms with Crippen molar-refractivity contribution in [2.45, 2.75) is 0 Å². The Morgan fingerprint density at radius 2 is 0.676 bits per heavy atom. The second-order valence-electron chi connectivity index (χ2n) is 7.08. The molecular weight excluding hydrogens is 508 g/mol. The molecule has 8 rings (SSSR count). The molecule has 4 aromatic rings. The molecule has 0 spiro atoms. The van der Waals surface area contributed by atoms with E-state index in [0.717, 1.165) is 23.3 Å². The van der Waals surface area contributed by atoms with Gasteiger partial charge in [0.05, 0.1) is 0 Å². The van der Waals surface area contributed by atoms with Gasteiger partial charge >= 0.3 is 0 Å². The van der Waals surface area contributed by atoms with E-state index in [2.05, 4.69) is 37.7 Å². The van der Waals surface area contributed by atoms with E-state index in [1.807, 2.05) is 72.8 Å². The fraction of sp³-hybridized carbons (Fsp3) is 0. The Bertz CT molecular complexity index is 1070. The molecule has 0 saturated carbocycles. The van der Waals surface area contributed by atoms with E-state index in [9.17, 15) is 0 Å². The first kappa shape index (κ1) is 20.8. The van der Waals surface area contributed by atoms with Crippen molar-refractivity contribution in [3.63, 3.8) is 0 Å². The van der Waals surface area contributed by atoms with Gasteiger partial charge in [0, 0.05) is 24.8 Å². The van der Waals surface area contributed by atoms with Crippen LogP contribution in [0.3, 0.4) is 0 Å². The quantitative estimate of drug-likeness (QED) is 0.273. The lowest BCUT2D eigenvalue weighted by Crippen LogP contribution is -2.48. The lowest BCUT2D eigenvalue weighted by atomic mass is 10.5. The van der Waals surface area contributed by atoms with Crippen LogP contribution < -0.4 is 17.8 Å². The zero-order valence-electron chi connectivity index (χ0n) is 17.4.